The number of ether oxygens (including phenoxy) is 1. The van der Waals surface area contributed by atoms with Crippen molar-refractivity contribution in [3.63, 3.8) is 0 Å². The Hall–Kier alpha value is -1.16. The molecule has 1 saturated heterocycles. The molecule has 0 amide bonds. The summed E-state index contributed by atoms with van der Waals surface area (Å²) in [5, 5.41) is 0. The normalized spacial score (nSPS) is 17.5. The van der Waals surface area contributed by atoms with Crippen molar-refractivity contribution in [1.82, 2.24) is 9.03 Å². The second-order valence-electron chi connectivity index (χ2n) is 6.28. The molecule has 1 aliphatic heterocycles. The molecule has 1 aliphatic rings. The number of hydrogen-bond acceptors (Lipinski definition) is 5. The molecule has 1 N–H and O–H groups in total. The van der Waals surface area contributed by atoms with Crippen molar-refractivity contribution in [2.75, 3.05) is 32.5 Å². The monoisotopic (exact) mass is 390 g/mol. The van der Waals surface area contributed by atoms with E-state index in [1.54, 1.807) is 12.1 Å². The van der Waals surface area contributed by atoms with Gasteiger partial charge in [-0.3, -0.25) is 0 Å². The Morgan fingerprint density at radius 1 is 1.12 bits per heavy atom. The average molecular weight is 391 g/mol. The van der Waals surface area contributed by atoms with Crippen LogP contribution in [0.3, 0.4) is 0 Å². The molecule has 0 aliphatic carbocycles. The summed E-state index contributed by atoms with van der Waals surface area (Å²) in [6, 6.07) is 6.35. The second kappa shape index (κ2) is 8.48. The maximum Gasteiger partial charge on any atom is 0.240 e. The SMILES string of the molecule is CCCOc1ccc(S(=O)(=O)NCC2CCN(S(C)(=O)=O)CC2)cc1. The highest BCUT2D eigenvalue weighted by Gasteiger charge is 2.26. The van der Waals surface area contributed by atoms with Crippen LogP contribution in [-0.4, -0.2) is 53.6 Å². The average Bonchev–Trinajstić information content (AvgIpc) is 2.58. The van der Waals surface area contributed by atoms with E-state index < -0.39 is 20.0 Å². The van der Waals surface area contributed by atoms with Gasteiger partial charge in [-0.05, 0) is 49.4 Å². The van der Waals surface area contributed by atoms with Gasteiger partial charge in [0, 0.05) is 19.6 Å². The smallest absolute Gasteiger partial charge is 0.240 e. The van der Waals surface area contributed by atoms with Crippen LogP contribution in [0.5, 0.6) is 5.75 Å². The largest absolute Gasteiger partial charge is 0.494 e. The first-order valence-corrected chi connectivity index (χ1v) is 11.7. The minimum atomic E-state index is -3.58. The van der Waals surface area contributed by atoms with Gasteiger partial charge in [-0.2, -0.15) is 0 Å². The van der Waals surface area contributed by atoms with Crippen LogP contribution in [0.25, 0.3) is 0 Å². The number of nitrogens with zero attached hydrogens (tertiary/aromatic N) is 1. The fourth-order valence-electron chi connectivity index (χ4n) is 2.69. The van der Waals surface area contributed by atoms with Crippen LogP contribution in [0, 0.1) is 5.92 Å². The summed E-state index contributed by atoms with van der Waals surface area (Å²) in [6.45, 7) is 3.79. The lowest BCUT2D eigenvalue weighted by Crippen LogP contribution is -2.41. The molecule has 142 valence electrons. The van der Waals surface area contributed by atoms with Gasteiger partial charge in [-0.1, -0.05) is 6.92 Å². The van der Waals surface area contributed by atoms with Gasteiger partial charge in [0.25, 0.3) is 0 Å². The minimum absolute atomic E-state index is 0.139. The van der Waals surface area contributed by atoms with E-state index in [9.17, 15) is 16.8 Å². The van der Waals surface area contributed by atoms with E-state index in [0.29, 0.717) is 44.8 Å². The quantitative estimate of drug-likeness (QED) is 0.725. The maximum absolute atomic E-state index is 12.4. The first kappa shape index (κ1) is 20.2. The lowest BCUT2D eigenvalue weighted by molar-refractivity contribution is 0.275. The van der Waals surface area contributed by atoms with Crippen molar-refractivity contribution in [2.45, 2.75) is 31.1 Å². The molecule has 7 nitrogen and oxygen atoms in total. The van der Waals surface area contributed by atoms with Crippen LogP contribution in [0.4, 0.5) is 0 Å². The Labute approximate surface area is 150 Å². The van der Waals surface area contributed by atoms with Crippen LogP contribution >= 0.6 is 0 Å². The van der Waals surface area contributed by atoms with E-state index in [0.717, 1.165) is 6.42 Å². The third-order valence-corrected chi connectivity index (χ3v) is 6.95. The highest BCUT2D eigenvalue weighted by atomic mass is 32.2. The molecular weight excluding hydrogens is 364 g/mol. The van der Waals surface area contributed by atoms with E-state index in [1.165, 1.54) is 22.7 Å². The Kier molecular flexibility index (Phi) is 6.84. The first-order valence-electron chi connectivity index (χ1n) is 8.40. The lowest BCUT2D eigenvalue weighted by atomic mass is 9.99. The van der Waals surface area contributed by atoms with Gasteiger partial charge in [-0.15, -0.1) is 0 Å². The molecule has 1 heterocycles. The minimum Gasteiger partial charge on any atom is -0.494 e. The number of benzene rings is 1. The Morgan fingerprint density at radius 2 is 1.72 bits per heavy atom. The number of sulfonamides is 2. The molecule has 0 radical (unpaired) electrons. The maximum atomic E-state index is 12.4. The van der Waals surface area contributed by atoms with Crippen LogP contribution in [0.2, 0.25) is 0 Å². The molecule has 1 aromatic carbocycles. The third-order valence-electron chi connectivity index (χ3n) is 4.21. The predicted molar refractivity (Wildman–Crippen MR) is 96.6 cm³/mol. The van der Waals surface area contributed by atoms with Crippen LogP contribution in [0.15, 0.2) is 29.2 Å². The lowest BCUT2D eigenvalue weighted by Gasteiger charge is -2.30. The van der Waals surface area contributed by atoms with Gasteiger partial charge in [0.1, 0.15) is 5.75 Å². The molecule has 0 aromatic heterocycles. The van der Waals surface area contributed by atoms with E-state index in [-0.39, 0.29) is 10.8 Å². The first-order chi connectivity index (χ1) is 11.7. The summed E-state index contributed by atoms with van der Waals surface area (Å²) in [5.74, 6) is 0.786. The van der Waals surface area contributed by atoms with Gasteiger partial charge in [0.2, 0.25) is 20.0 Å². The summed E-state index contributed by atoms with van der Waals surface area (Å²) in [5.41, 5.74) is 0. The van der Waals surface area contributed by atoms with Crippen molar-refractivity contribution >= 4 is 20.0 Å². The van der Waals surface area contributed by atoms with Crippen LogP contribution in [0.1, 0.15) is 26.2 Å². The fraction of sp³-hybridized carbons (Fsp3) is 0.625. The molecule has 25 heavy (non-hydrogen) atoms. The van der Waals surface area contributed by atoms with Gasteiger partial charge in [-0.25, -0.2) is 25.9 Å². The zero-order chi connectivity index (χ0) is 18.5. The summed E-state index contributed by atoms with van der Waals surface area (Å²) in [4.78, 5) is 0.199. The number of piperidine rings is 1. The summed E-state index contributed by atoms with van der Waals surface area (Å²) in [7, 11) is -6.74. The van der Waals surface area contributed by atoms with E-state index in [1.807, 2.05) is 6.92 Å². The predicted octanol–water partition coefficient (Wildman–Crippen LogP) is 1.43. The Bertz CT molecular complexity index is 752. The van der Waals surface area contributed by atoms with E-state index in [4.69, 9.17) is 4.74 Å². The molecule has 9 heteroatoms. The van der Waals surface area contributed by atoms with Crippen molar-refractivity contribution in [2.24, 2.45) is 5.92 Å². The van der Waals surface area contributed by atoms with Gasteiger partial charge in [0.05, 0.1) is 17.8 Å². The molecule has 0 bridgehead atoms. The van der Waals surface area contributed by atoms with Gasteiger partial charge >= 0.3 is 0 Å². The summed E-state index contributed by atoms with van der Waals surface area (Å²) in [6.07, 6.45) is 3.39. The van der Waals surface area contributed by atoms with Crippen molar-refractivity contribution in [1.29, 1.82) is 0 Å². The molecular formula is C16H26N2O5S2. The van der Waals surface area contributed by atoms with Crippen molar-refractivity contribution in [3.05, 3.63) is 24.3 Å². The molecule has 1 fully saturated rings. The highest BCUT2D eigenvalue weighted by Crippen LogP contribution is 2.20. The molecule has 0 saturated carbocycles. The standard InChI is InChI=1S/C16H26N2O5S2/c1-3-12-23-15-4-6-16(7-5-15)25(21,22)17-13-14-8-10-18(11-9-14)24(2,19)20/h4-7,14,17H,3,8-13H2,1-2H3. The van der Waals surface area contributed by atoms with E-state index >= 15 is 0 Å². The van der Waals surface area contributed by atoms with E-state index in [2.05, 4.69) is 4.72 Å². The topological polar surface area (TPSA) is 92.8 Å². The fourth-order valence-corrected chi connectivity index (χ4v) is 4.68. The third kappa shape index (κ3) is 5.95. The number of hydrogen-bond donors (Lipinski definition) is 1. The van der Waals surface area contributed by atoms with Crippen LogP contribution in [-0.2, 0) is 20.0 Å². The van der Waals surface area contributed by atoms with Crippen LogP contribution < -0.4 is 9.46 Å². The molecule has 0 spiro atoms. The van der Waals surface area contributed by atoms with Crippen molar-refractivity contribution < 1.29 is 21.6 Å². The van der Waals surface area contributed by atoms with Gasteiger partial charge in [0.15, 0.2) is 0 Å². The molecule has 0 atom stereocenters. The zero-order valence-electron chi connectivity index (χ0n) is 14.6. The highest BCUT2D eigenvalue weighted by molar-refractivity contribution is 7.89. The molecule has 0 unspecified atom stereocenters. The Balaban J connectivity index is 1.87. The Morgan fingerprint density at radius 3 is 2.24 bits per heavy atom. The molecule has 2 rings (SSSR count). The van der Waals surface area contributed by atoms with Gasteiger partial charge < -0.3 is 4.74 Å². The number of nitrogens with one attached hydrogen (secondary N) is 1. The summed E-state index contributed by atoms with van der Waals surface area (Å²) >= 11 is 0. The summed E-state index contributed by atoms with van der Waals surface area (Å²) < 4.78 is 57.2. The molecule has 1 aromatic rings. The zero-order valence-corrected chi connectivity index (χ0v) is 16.3. The second-order valence-corrected chi connectivity index (χ2v) is 10.0. The number of rotatable bonds is 8. The van der Waals surface area contributed by atoms with Crippen molar-refractivity contribution in [3.8, 4) is 5.75 Å².